The van der Waals surface area contributed by atoms with E-state index in [-0.39, 0.29) is 0 Å². The molecule has 1 aromatic carbocycles. The largest absolute Gasteiger partial charge is 0.385 e. The predicted molar refractivity (Wildman–Crippen MR) is 65.5 cm³/mol. The van der Waals surface area contributed by atoms with Crippen molar-refractivity contribution in [2.75, 3.05) is 32.5 Å². The molecule has 0 spiro atoms. The first-order chi connectivity index (χ1) is 7.25. The fourth-order valence-corrected chi connectivity index (χ4v) is 2.04. The van der Waals surface area contributed by atoms with Gasteiger partial charge >= 0.3 is 0 Å². The Hall–Kier alpha value is -1.02. The minimum Gasteiger partial charge on any atom is -0.385 e. The summed E-state index contributed by atoms with van der Waals surface area (Å²) >= 11 is 0. The first-order valence-corrected chi connectivity index (χ1v) is 5.76. The third-order valence-corrected chi connectivity index (χ3v) is 2.96. The molecule has 0 unspecified atom stereocenters. The van der Waals surface area contributed by atoms with Crippen LogP contribution in [0.2, 0.25) is 0 Å². The lowest BCUT2D eigenvalue weighted by Gasteiger charge is -2.19. The SMILES string of the molecule is CN(C)CCc1ccc2c(c1)CCCN2. The van der Waals surface area contributed by atoms with E-state index in [4.69, 9.17) is 0 Å². The van der Waals surface area contributed by atoms with Crippen LogP contribution in [0.15, 0.2) is 18.2 Å². The number of rotatable bonds is 3. The van der Waals surface area contributed by atoms with Gasteiger partial charge in [-0.25, -0.2) is 0 Å². The second kappa shape index (κ2) is 4.67. The second-order valence-corrected chi connectivity index (χ2v) is 4.58. The fourth-order valence-electron chi connectivity index (χ4n) is 2.04. The zero-order valence-electron chi connectivity index (χ0n) is 9.71. The molecule has 0 saturated heterocycles. The Balaban J connectivity index is 2.07. The molecule has 82 valence electrons. The lowest BCUT2D eigenvalue weighted by Crippen LogP contribution is -2.16. The Labute approximate surface area is 92.3 Å². The molecule has 2 nitrogen and oxygen atoms in total. The fraction of sp³-hybridized carbons (Fsp3) is 0.538. The van der Waals surface area contributed by atoms with Gasteiger partial charge in [-0.2, -0.15) is 0 Å². The second-order valence-electron chi connectivity index (χ2n) is 4.58. The molecule has 2 rings (SSSR count). The number of nitrogens with one attached hydrogen (secondary N) is 1. The van der Waals surface area contributed by atoms with E-state index in [1.165, 1.54) is 29.7 Å². The van der Waals surface area contributed by atoms with Gasteiger partial charge in [-0.1, -0.05) is 12.1 Å². The predicted octanol–water partition coefficient (Wildman–Crippen LogP) is 2.15. The highest BCUT2D eigenvalue weighted by Gasteiger charge is 2.08. The van der Waals surface area contributed by atoms with Crippen molar-refractivity contribution in [3.05, 3.63) is 29.3 Å². The molecule has 1 aliphatic rings. The van der Waals surface area contributed by atoms with Gasteiger partial charge in [0.15, 0.2) is 0 Å². The summed E-state index contributed by atoms with van der Waals surface area (Å²) < 4.78 is 0. The molecule has 0 aliphatic carbocycles. The lowest BCUT2D eigenvalue weighted by molar-refractivity contribution is 0.413. The number of anilines is 1. The Morgan fingerprint density at radius 1 is 1.33 bits per heavy atom. The highest BCUT2D eigenvalue weighted by molar-refractivity contribution is 5.54. The van der Waals surface area contributed by atoms with E-state index in [1.54, 1.807) is 0 Å². The average Bonchev–Trinajstić information content (AvgIpc) is 2.26. The van der Waals surface area contributed by atoms with Crippen LogP contribution in [0.5, 0.6) is 0 Å². The molecule has 2 heteroatoms. The van der Waals surface area contributed by atoms with Gasteiger partial charge in [-0.15, -0.1) is 0 Å². The lowest BCUT2D eigenvalue weighted by atomic mass is 9.99. The van der Waals surface area contributed by atoms with Crippen LogP contribution in [0.25, 0.3) is 0 Å². The maximum absolute atomic E-state index is 3.44. The Morgan fingerprint density at radius 2 is 2.20 bits per heavy atom. The molecule has 0 radical (unpaired) electrons. The molecular weight excluding hydrogens is 184 g/mol. The van der Waals surface area contributed by atoms with Crippen molar-refractivity contribution in [1.82, 2.24) is 4.90 Å². The van der Waals surface area contributed by atoms with Gasteiger partial charge in [-0.3, -0.25) is 0 Å². The van der Waals surface area contributed by atoms with Crippen molar-refractivity contribution in [1.29, 1.82) is 0 Å². The summed E-state index contributed by atoms with van der Waals surface area (Å²) in [6.07, 6.45) is 3.66. The van der Waals surface area contributed by atoms with Gasteiger partial charge in [0.1, 0.15) is 0 Å². The molecule has 0 bridgehead atoms. The van der Waals surface area contributed by atoms with Crippen LogP contribution in [-0.4, -0.2) is 32.1 Å². The molecule has 1 N–H and O–H groups in total. The smallest absolute Gasteiger partial charge is 0.0372 e. The van der Waals surface area contributed by atoms with Crippen molar-refractivity contribution in [2.24, 2.45) is 0 Å². The minimum absolute atomic E-state index is 1.13. The van der Waals surface area contributed by atoms with Gasteiger partial charge < -0.3 is 10.2 Å². The van der Waals surface area contributed by atoms with Crippen molar-refractivity contribution in [3.63, 3.8) is 0 Å². The molecule has 1 aromatic rings. The summed E-state index contributed by atoms with van der Waals surface area (Å²) in [4.78, 5) is 2.23. The quantitative estimate of drug-likeness (QED) is 0.811. The molecule has 0 saturated carbocycles. The molecule has 0 fully saturated rings. The standard InChI is InChI=1S/C13H20N2/c1-15(2)9-7-11-5-6-13-12(10-11)4-3-8-14-13/h5-6,10,14H,3-4,7-9H2,1-2H3. The Kier molecular flexibility index (Phi) is 3.27. The molecular formula is C13H20N2. The maximum Gasteiger partial charge on any atom is 0.0372 e. The number of aryl methyl sites for hydroxylation is 1. The monoisotopic (exact) mass is 204 g/mol. The third kappa shape index (κ3) is 2.72. The molecule has 0 atom stereocenters. The summed E-state index contributed by atoms with van der Waals surface area (Å²) in [5.74, 6) is 0. The average molecular weight is 204 g/mol. The number of benzene rings is 1. The topological polar surface area (TPSA) is 15.3 Å². The highest BCUT2D eigenvalue weighted by Crippen LogP contribution is 2.22. The minimum atomic E-state index is 1.13. The van der Waals surface area contributed by atoms with Crippen LogP contribution in [-0.2, 0) is 12.8 Å². The Bertz CT molecular complexity index is 331. The van der Waals surface area contributed by atoms with Crippen molar-refractivity contribution in [3.8, 4) is 0 Å². The van der Waals surface area contributed by atoms with E-state index in [9.17, 15) is 0 Å². The van der Waals surface area contributed by atoms with Crippen LogP contribution in [0.3, 0.4) is 0 Å². The van der Waals surface area contributed by atoms with Crippen molar-refractivity contribution < 1.29 is 0 Å². The number of nitrogens with zero attached hydrogens (tertiary/aromatic N) is 1. The number of hydrogen-bond donors (Lipinski definition) is 1. The first-order valence-electron chi connectivity index (χ1n) is 5.76. The number of fused-ring (bicyclic) bond motifs is 1. The van der Waals surface area contributed by atoms with E-state index >= 15 is 0 Å². The van der Waals surface area contributed by atoms with E-state index in [0.717, 1.165) is 19.5 Å². The zero-order valence-corrected chi connectivity index (χ0v) is 9.71. The van der Waals surface area contributed by atoms with Crippen LogP contribution < -0.4 is 5.32 Å². The van der Waals surface area contributed by atoms with Crippen LogP contribution in [0.1, 0.15) is 17.5 Å². The zero-order chi connectivity index (χ0) is 10.7. The summed E-state index contributed by atoms with van der Waals surface area (Å²) in [7, 11) is 4.25. The summed E-state index contributed by atoms with van der Waals surface area (Å²) in [5.41, 5.74) is 4.30. The van der Waals surface area contributed by atoms with Gasteiger partial charge in [-0.05, 0) is 50.6 Å². The summed E-state index contributed by atoms with van der Waals surface area (Å²) in [6.45, 7) is 2.26. The van der Waals surface area contributed by atoms with E-state index < -0.39 is 0 Å². The van der Waals surface area contributed by atoms with Gasteiger partial charge in [0, 0.05) is 18.8 Å². The van der Waals surface area contributed by atoms with Gasteiger partial charge in [0.2, 0.25) is 0 Å². The summed E-state index contributed by atoms with van der Waals surface area (Å²) in [5, 5.41) is 3.44. The van der Waals surface area contributed by atoms with E-state index in [1.807, 2.05) is 0 Å². The van der Waals surface area contributed by atoms with Crippen LogP contribution in [0, 0.1) is 0 Å². The molecule has 1 aliphatic heterocycles. The van der Waals surface area contributed by atoms with Gasteiger partial charge in [0.05, 0.1) is 0 Å². The number of hydrogen-bond acceptors (Lipinski definition) is 2. The molecule has 0 amide bonds. The first kappa shape index (κ1) is 10.5. The van der Waals surface area contributed by atoms with E-state index in [2.05, 4.69) is 42.5 Å². The Morgan fingerprint density at radius 3 is 3.00 bits per heavy atom. The van der Waals surface area contributed by atoms with Crippen molar-refractivity contribution in [2.45, 2.75) is 19.3 Å². The van der Waals surface area contributed by atoms with Crippen molar-refractivity contribution >= 4 is 5.69 Å². The maximum atomic E-state index is 3.44. The highest BCUT2D eigenvalue weighted by atomic mass is 15.0. The van der Waals surface area contributed by atoms with Crippen LogP contribution in [0.4, 0.5) is 5.69 Å². The summed E-state index contributed by atoms with van der Waals surface area (Å²) in [6, 6.07) is 6.85. The van der Waals surface area contributed by atoms with E-state index in [0.29, 0.717) is 0 Å². The van der Waals surface area contributed by atoms with Gasteiger partial charge in [0.25, 0.3) is 0 Å². The van der Waals surface area contributed by atoms with Crippen LogP contribution >= 0.6 is 0 Å². The number of likely N-dealkylation sites (N-methyl/N-ethyl adjacent to an activating group) is 1. The normalized spacial score (nSPS) is 14.9. The third-order valence-electron chi connectivity index (χ3n) is 2.96. The molecule has 0 aromatic heterocycles. The molecule has 15 heavy (non-hydrogen) atoms. The molecule has 1 heterocycles.